The van der Waals surface area contributed by atoms with E-state index in [9.17, 15) is 0 Å². The van der Waals surface area contributed by atoms with Gasteiger partial charge in [-0.2, -0.15) is 0 Å². The van der Waals surface area contributed by atoms with Crippen LogP contribution >= 0.6 is 0 Å². The Hall–Kier alpha value is -1.66. The van der Waals surface area contributed by atoms with E-state index >= 15 is 0 Å². The summed E-state index contributed by atoms with van der Waals surface area (Å²) in [7, 11) is 0. The lowest BCUT2D eigenvalue weighted by Gasteiger charge is -2.31. The molecule has 3 heterocycles. The number of piperidine rings is 1. The smallest absolute Gasteiger partial charge is 0.142 e. The Morgan fingerprint density at radius 3 is 3.00 bits per heavy atom. The van der Waals surface area contributed by atoms with E-state index < -0.39 is 0 Å². The highest BCUT2D eigenvalue weighted by atomic mass is 16.3. The Morgan fingerprint density at radius 1 is 1.35 bits per heavy atom. The number of rotatable bonds is 5. The van der Waals surface area contributed by atoms with Gasteiger partial charge in [-0.3, -0.25) is 0 Å². The minimum atomic E-state index is 0.259. The third-order valence-corrected chi connectivity index (χ3v) is 4.04. The topological polar surface area (TPSA) is 77.1 Å². The molecule has 1 fully saturated rings. The Morgan fingerprint density at radius 2 is 2.20 bits per heavy atom. The van der Waals surface area contributed by atoms with Crippen LogP contribution in [0.4, 0.5) is 5.82 Å². The zero-order valence-electron chi connectivity index (χ0n) is 11.5. The van der Waals surface area contributed by atoms with Gasteiger partial charge in [0.2, 0.25) is 0 Å². The number of likely N-dealkylation sites (tertiary alicyclic amines) is 1. The molecule has 0 unspecified atom stereocenters. The standard InChI is InChI=1S/C14H21N5O/c20-8-7-19-5-2-11(3-6-19)9-16-14-12-1-4-15-13(12)17-10-18-14/h1,4,10-11,20H,2-3,5-9H2,(H2,15,16,17,18). The largest absolute Gasteiger partial charge is 0.395 e. The second kappa shape index (κ2) is 6.19. The first-order chi connectivity index (χ1) is 9.86. The molecule has 0 atom stereocenters. The molecule has 1 aliphatic heterocycles. The lowest BCUT2D eigenvalue weighted by molar-refractivity contribution is 0.151. The molecule has 0 saturated carbocycles. The third-order valence-electron chi connectivity index (χ3n) is 4.04. The van der Waals surface area contributed by atoms with Crippen molar-refractivity contribution in [1.29, 1.82) is 0 Å². The fourth-order valence-electron chi connectivity index (χ4n) is 2.81. The molecule has 0 amide bonds. The minimum absolute atomic E-state index is 0.259. The van der Waals surface area contributed by atoms with Gasteiger partial charge in [-0.1, -0.05) is 0 Å². The summed E-state index contributed by atoms with van der Waals surface area (Å²) in [5.74, 6) is 1.59. The summed E-state index contributed by atoms with van der Waals surface area (Å²) in [5.41, 5.74) is 0.875. The van der Waals surface area contributed by atoms with Gasteiger partial charge in [0.05, 0.1) is 12.0 Å². The molecule has 3 rings (SSSR count). The van der Waals surface area contributed by atoms with Gasteiger partial charge >= 0.3 is 0 Å². The zero-order chi connectivity index (χ0) is 13.8. The van der Waals surface area contributed by atoms with E-state index in [1.54, 1.807) is 6.33 Å². The average molecular weight is 275 g/mol. The van der Waals surface area contributed by atoms with Gasteiger partial charge < -0.3 is 20.3 Å². The quantitative estimate of drug-likeness (QED) is 0.761. The number of anilines is 1. The SMILES string of the molecule is OCCN1CCC(CNc2ncnc3[nH]ccc23)CC1. The van der Waals surface area contributed by atoms with Crippen LogP contribution in [0.15, 0.2) is 18.6 Å². The van der Waals surface area contributed by atoms with E-state index in [0.29, 0.717) is 5.92 Å². The van der Waals surface area contributed by atoms with E-state index in [0.717, 1.165) is 43.0 Å². The number of aliphatic hydroxyl groups excluding tert-OH is 1. The number of aromatic nitrogens is 3. The summed E-state index contributed by atoms with van der Waals surface area (Å²) in [6.45, 7) is 4.17. The van der Waals surface area contributed by atoms with E-state index in [4.69, 9.17) is 5.11 Å². The van der Waals surface area contributed by atoms with Gasteiger partial charge in [-0.15, -0.1) is 0 Å². The first kappa shape index (κ1) is 13.3. The van der Waals surface area contributed by atoms with Crippen LogP contribution in [0, 0.1) is 5.92 Å². The van der Waals surface area contributed by atoms with Gasteiger partial charge in [0.1, 0.15) is 17.8 Å². The third kappa shape index (κ3) is 2.91. The minimum Gasteiger partial charge on any atom is -0.395 e. The molecule has 2 aromatic heterocycles. The summed E-state index contributed by atoms with van der Waals surface area (Å²) in [6.07, 6.45) is 5.83. The van der Waals surface area contributed by atoms with Crippen LogP contribution < -0.4 is 5.32 Å². The monoisotopic (exact) mass is 275 g/mol. The molecule has 0 radical (unpaired) electrons. The van der Waals surface area contributed by atoms with Crippen molar-refractivity contribution < 1.29 is 5.11 Å². The van der Waals surface area contributed by atoms with Crippen molar-refractivity contribution in [3.05, 3.63) is 18.6 Å². The molecule has 108 valence electrons. The van der Waals surface area contributed by atoms with Gasteiger partial charge in [-0.25, -0.2) is 9.97 Å². The van der Waals surface area contributed by atoms with Crippen LogP contribution in [0.1, 0.15) is 12.8 Å². The number of aliphatic hydroxyl groups is 1. The number of fused-ring (bicyclic) bond motifs is 1. The van der Waals surface area contributed by atoms with E-state index in [1.807, 2.05) is 12.3 Å². The maximum Gasteiger partial charge on any atom is 0.142 e. The van der Waals surface area contributed by atoms with Crippen LogP contribution in [0.5, 0.6) is 0 Å². The molecule has 20 heavy (non-hydrogen) atoms. The average Bonchev–Trinajstić information content (AvgIpc) is 2.96. The molecular weight excluding hydrogens is 254 g/mol. The summed E-state index contributed by atoms with van der Waals surface area (Å²) < 4.78 is 0. The number of aromatic amines is 1. The van der Waals surface area contributed by atoms with Gasteiger partial charge in [0, 0.05) is 19.3 Å². The normalized spacial score (nSPS) is 17.6. The van der Waals surface area contributed by atoms with Crippen molar-refractivity contribution in [2.24, 2.45) is 5.92 Å². The maximum atomic E-state index is 8.95. The summed E-state index contributed by atoms with van der Waals surface area (Å²) in [5, 5.41) is 13.4. The Balaban J connectivity index is 1.54. The highest BCUT2D eigenvalue weighted by Gasteiger charge is 2.18. The van der Waals surface area contributed by atoms with Crippen molar-refractivity contribution in [3.8, 4) is 0 Å². The van der Waals surface area contributed by atoms with Crippen molar-refractivity contribution in [1.82, 2.24) is 19.9 Å². The first-order valence-electron chi connectivity index (χ1n) is 7.22. The highest BCUT2D eigenvalue weighted by molar-refractivity contribution is 5.86. The molecule has 1 saturated heterocycles. The van der Waals surface area contributed by atoms with E-state index in [-0.39, 0.29) is 6.61 Å². The fourth-order valence-corrected chi connectivity index (χ4v) is 2.81. The van der Waals surface area contributed by atoms with E-state index in [2.05, 4.69) is 25.2 Å². The van der Waals surface area contributed by atoms with Gasteiger partial charge in [0.15, 0.2) is 0 Å². The molecule has 3 N–H and O–H groups in total. The molecule has 6 nitrogen and oxygen atoms in total. The second-order valence-electron chi connectivity index (χ2n) is 5.35. The van der Waals surface area contributed by atoms with Crippen molar-refractivity contribution in [2.75, 3.05) is 38.1 Å². The summed E-state index contributed by atoms with van der Waals surface area (Å²) >= 11 is 0. The predicted molar refractivity (Wildman–Crippen MR) is 78.6 cm³/mol. The number of hydrogen-bond donors (Lipinski definition) is 3. The fraction of sp³-hybridized carbons (Fsp3) is 0.571. The number of nitrogens with one attached hydrogen (secondary N) is 2. The first-order valence-corrected chi connectivity index (χ1v) is 7.22. The molecule has 2 aromatic rings. The molecule has 0 aliphatic carbocycles. The van der Waals surface area contributed by atoms with Gasteiger partial charge in [0.25, 0.3) is 0 Å². The number of H-pyrrole nitrogens is 1. The van der Waals surface area contributed by atoms with Crippen LogP contribution in [-0.2, 0) is 0 Å². The van der Waals surface area contributed by atoms with Gasteiger partial charge in [-0.05, 0) is 37.9 Å². The van der Waals surface area contributed by atoms with Crippen LogP contribution in [-0.4, -0.2) is 57.7 Å². The molecular formula is C14H21N5O. The summed E-state index contributed by atoms with van der Waals surface area (Å²) in [4.78, 5) is 13.9. The Labute approximate surface area is 118 Å². The number of nitrogens with zero attached hydrogens (tertiary/aromatic N) is 3. The lowest BCUT2D eigenvalue weighted by atomic mass is 9.97. The van der Waals surface area contributed by atoms with E-state index in [1.165, 1.54) is 12.8 Å². The Kier molecular flexibility index (Phi) is 4.13. The predicted octanol–water partition coefficient (Wildman–Crippen LogP) is 1.07. The number of β-amino-alcohol motifs (C(OH)–C–C–N with tert-alkyl or cyclic N) is 1. The van der Waals surface area contributed by atoms with Crippen LogP contribution in [0.2, 0.25) is 0 Å². The molecule has 6 heteroatoms. The van der Waals surface area contributed by atoms with Crippen LogP contribution in [0.25, 0.3) is 11.0 Å². The maximum absolute atomic E-state index is 8.95. The van der Waals surface area contributed by atoms with Crippen molar-refractivity contribution in [3.63, 3.8) is 0 Å². The lowest BCUT2D eigenvalue weighted by Crippen LogP contribution is -2.37. The molecule has 0 bridgehead atoms. The molecule has 0 aromatic carbocycles. The summed E-state index contributed by atoms with van der Waals surface area (Å²) in [6, 6.07) is 2.00. The zero-order valence-corrected chi connectivity index (χ0v) is 11.5. The Bertz CT molecular complexity index is 547. The molecule has 0 spiro atoms. The van der Waals surface area contributed by atoms with Crippen molar-refractivity contribution >= 4 is 16.9 Å². The highest BCUT2D eigenvalue weighted by Crippen LogP contribution is 2.21. The number of hydrogen-bond acceptors (Lipinski definition) is 5. The van der Waals surface area contributed by atoms with Crippen molar-refractivity contribution in [2.45, 2.75) is 12.8 Å². The molecule has 1 aliphatic rings. The van der Waals surface area contributed by atoms with Crippen LogP contribution in [0.3, 0.4) is 0 Å². The second-order valence-corrected chi connectivity index (χ2v) is 5.35.